The molecule has 1 aliphatic heterocycles. The zero-order valence-electron chi connectivity index (χ0n) is 16.2. The van der Waals surface area contributed by atoms with Gasteiger partial charge in [-0.15, -0.1) is 0 Å². The van der Waals surface area contributed by atoms with Gasteiger partial charge in [-0.2, -0.15) is 0 Å². The molecule has 1 aromatic heterocycles. The highest BCUT2D eigenvalue weighted by molar-refractivity contribution is 7.90. The highest BCUT2D eigenvalue weighted by Gasteiger charge is 2.29. The number of hydrogen-bond donors (Lipinski definition) is 1. The van der Waals surface area contributed by atoms with Gasteiger partial charge in [-0.3, -0.25) is 9.88 Å². The van der Waals surface area contributed by atoms with E-state index < -0.39 is 15.9 Å². The van der Waals surface area contributed by atoms with Crippen LogP contribution in [0, 0.1) is 0 Å². The number of nitrogens with zero attached hydrogens (tertiary/aromatic N) is 2. The molecule has 0 spiro atoms. The molecule has 29 heavy (non-hydrogen) atoms. The normalized spacial score (nSPS) is 20.6. The van der Waals surface area contributed by atoms with Crippen molar-refractivity contribution in [3.63, 3.8) is 0 Å². The first kappa shape index (κ1) is 19.8. The number of aliphatic hydroxyl groups is 1. The van der Waals surface area contributed by atoms with E-state index in [0.717, 1.165) is 28.6 Å². The number of benzene rings is 2. The summed E-state index contributed by atoms with van der Waals surface area (Å²) in [6.45, 7) is 1.96. The molecule has 2 aromatic carbocycles. The van der Waals surface area contributed by atoms with Crippen molar-refractivity contribution < 1.29 is 18.3 Å². The minimum absolute atomic E-state index is 0.266. The van der Waals surface area contributed by atoms with Crippen molar-refractivity contribution in [1.82, 2.24) is 9.88 Å². The molecule has 0 unspecified atom stereocenters. The zero-order chi connectivity index (χ0) is 20.4. The van der Waals surface area contributed by atoms with Gasteiger partial charge in [0, 0.05) is 49.1 Å². The predicted octanol–water partition coefficient (Wildman–Crippen LogP) is 2.65. The van der Waals surface area contributed by atoms with Gasteiger partial charge in [0.2, 0.25) is 0 Å². The van der Waals surface area contributed by atoms with E-state index in [4.69, 9.17) is 4.74 Å². The Morgan fingerprint density at radius 2 is 1.97 bits per heavy atom. The molecule has 2 atom stereocenters. The molecular weight excluding hydrogens is 388 g/mol. The van der Waals surface area contributed by atoms with Crippen molar-refractivity contribution in [2.24, 2.45) is 0 Å². The Bertz CT molecular complexity index is 1090. The van der Waals surface area contributed by atoms with Crippen molar-refractivity contribution in [1.29, 1.82) is 0 Å². The number of rotatable bonds is 5. The lowest BCUT2D eigenvalue weighted by Gasteiger charge is -2.36. The van der Waals surface area contributed by atoms with Gasteiger partial charge in [-0.05, 0) is 36.2 Å². The summed E-state index contributed by atoms with van der Waals surface area (Å²) in [6.07, 6.45) is 4.59. The van der Waals surface area contributed by atoms with E-state index in [1.165, 1.54) is 6.26 Å². The molecule has 1 fully saturated rings. The number of fused-ring (bicyclic) bond motifs is 1. The van der Waals surface area contributed by atoms with Crippen molar-refractivity contribution in [2.45, 2.75) is 30.1 Å². The number of hydrogen-bond acceptors (Lipinski definition) is 6. The molecule has 0 bridgehead atoms. The van der Waals surface area contributed by atoms with Gasteiger partial charge in [0.25, 0.3) is 0 Å². The quantitative estimate of drug-likeness (QED) is 0.694. The molecule has 0 amide bonds. The fourth-order valence-electron chi connectivity index (χ4n) is 3.72. The van der Waals surface area contributed by atoms with Crippen LogP contribution in [0.15, 0.2) is 65.8 Å². The zero-order valence-corrected chi connectivity index (χ0v) is 17.0. The molecule has 6 nitrogen and oxygen atoms in total. The maximum atomic E-state index is 11.6. The number of likely N-dealkylation sites (tertiary alicyclic amines) is 1. The van der Waals surface area contributed by atoms with Crippen LogP contribution in [-0.4, -0.2) is 55.0 Å². The average Bonchev–Trinajstić information content (AvgIpc) is 2.70. The Morgan fingerprint density at radius 3 is 2.69 bits per heavy atom. The van der Waals surface area contributed by atoms with Crippen molar-refractivity contribution in [3.8, 4) is 5.75 Å². The summed E-state index contributed by atoms with van der Waals surface area (Å²) in [4.78, 5) is 6.62. The van der Waals surface area contributed by atoms with Crippen LogP contribution in [0.2, 0.25) is 0 Å². The second-order valence-electron chi connectivity index (χ2n) is 7.52. The number of ether oxygens (including phenoxy) is 1. The van der Waals surface area contributed by atoms with Crippen molar-refractivity contribution in [3.05, 3.63) is 66.5 Å². The smallest absolute Gasteiger partial charge is 0.175 e. The van der Waals surface area contributed by atoms with Crippen molar-refractivity contribution >= 4 is 20.6 Å². The van der Waals surface area contributed by atoms with Gasteiger partial charge in [0.05, 0.1) is 4.90 Å². The fraction of sp³-hybridized carbons (Fsp3) is 0.318. The number of aromatic nitrogens is 1. The Labute approximate surface area is 170 Å². The molecule has 2 heterocycles. The molecule has 1 N–H and O–H groups in total. The van der Waals surface area contributed by atoms with Gasteiger partial charge in [-0.25, -0.2) is 8.42 Å². The molecule has 1 aliphatic rings. The van der Waals surface area contributed by atoms with Crippen LogP contribution in [-0.2, 0) is 16.4 Å². The molecule has 4 rings (SSSR count). The van der Waals surface area contributed by atoms with Crippen LogP contribution >= 0.6 is 0 Å². The largest absolute Gasteiger partial charge is 0.487 e. The minimum atomic E-state index is -3.19. The van der Waals surface area contributed by atoms with Crippen LogP contribution < -0.4 is 4.74 Å². The standard InChI is InChI=1S/C22H24N2O4S/c1-29(26,27)18-7-5-16(6-8-18)14-24-12-10-22(20(25)15-24)28-21-4-2-3-17-13-23-11-9-19(17)21/h2-9,11,13,20,22,25H,10,12,14-15H2,1H3/t20-,22-/m1/s1. The molecule has 7 heteroatoms. The molecule has 1 saturated heterocycles. The maximum Gasteiger partial charge on any atom is 0.175 e. The topological polar surface area (TPSA) is 79.7 Å². The molecular formula is C22H24N2O4S. The molecule has 0 radical (unpaired) electrons. The van der Waals surface area contributed by atoms with E-state index in [1.54, 1.807) is 24.5 Å². The number of aliphatic hydroxyl groups excluding tert-OH is 1. The number of piperidine rings is 1. The van der Waals surface area contributed by atoms with Crippen molar-refractivity contribution in [2.75, 3.05) is 19.3 Å². The van der Waals surface area contributed by atoms with Crippen LogP contribution in [0.3, 0.4) is 0 Å². The van der Waals surface area contributed by atoms with Crippen LogP contribution in [0.5, 0.6) is 5.75 Å². The second-order valence-corrected chi connectivity index (χ2v) is 9.53. The third kappa shape index (κ3) is 4.58. The number of β-amino-alcohol motifs (C(OH)–C–C–N with tert-alkyl or cyclic N) is 1. The van der Waals surface area contributed by atoms with Gasteiger partial charge in [0.1, 0.15) is 18.0 Å². The number of sulfone groups is 1. The highest BCUT2D eigenvalue weighted by atomic mass is 32.2. The van der Waals surface area contributed by atoms with E-state index in [9.17, 15) is 13.5 Å². The van der Waals surface area contributed by atoms with E-state index in [0.29, 0.717) is 24.4 Å². The van der Waals surface area contributed by atoms with E-state index >= 15 is 0 Å². The van der Waals surface area contributed by atoms with E-state index in [1.807, 2.05) is 36.4 Å². The lowest BCUT2D eigenvalue weighted by molar-refractivity contribution is -0.0268. The first-order valence-electron chi connectivity index (χ1n) is 9.59. The second kappa shape index (κ2) is 8.10. The third-order valence-corrected chi connectivity index (χ3v) is 6.41. The first-order chi connectivity index (χ1) is 13.9. The third-order valence-electron chi connectivity index (χ3n) is 5.28. The Kier molecular flexibility index (Phi) is 5.54. The monoisotopic (exact) mass is 412 g/mol. The Morgan fingerprint density at radius 1 is 1.17 bits per heavy atom. The molecule has 0 aliphatic carbocycles. The molecule has 152 valence electrons. The number of pyridine rings is 1. The maximum absolute atomic E-state index is 11.6. The van der Waals surface area contributed by atoms with Gasteiger partial charge in [-0.1, -0.05) is 24.3 Å². The van der Waals surface area contributed by atoms with Crippen LogP contribution in [0.25, 0.3) is 10.8 Å². The first-order valence-corrected chi connectivity index (χ1v) is 11.5. The predicted molar refractivity (Wildman–Crippen MR) is 112 cm³/mol. The lowest BCUT2D eigenvalue weighted by Crippen LogP contribution is -2.48. The molecule has 3 aromatic rings. The van der Waals surface area contributed by atoms with Gasteiger partial charge in [0.15, 0.2) is 9.84 Å². The Hall–Kier alpha value is -2.48. The summed E-state index contributed by atoms with van der Waals surface area (Å²) in [7, 11) is -3.19. The molecule has 0 saturated carbocycles. The summed E-state index contributed by atoms with van der Waals surface area (Å²) < 4.78 is 29.3. The van der Waals surface area contributed by atoms with E-state index in [2.05, 4.69) is 9.88 Å². The SMILES string of the molecule is CS(=O)(=O)c1ccc(CN2CC[C@@H](Oc3cccc4cnccc34)[C@H](O)C2)cc1. The summed E-state index contributed by atoms with van der Waals surface area (Å²) >= 11 is 0. The van der Waals surface area contributed by atoms with Gasteiger partial charge < -0.3 is 9.84 Å². The average molecular weight is 413 g/mol. The van der Waals surface area contributed by atoms with Crippen LogP contribution in [0.4, 0.5) is 0 Å². The minimum Gasteiger partial charge on any atom is -0.487 e. The summed E-state index contributed by atoms with van der Waals surface area (Å²) in [5.74, 6) is 0.763. The lowest BCUT2D eigenvalue weighted by atomic mass is 10.0. The summed E-state index contributed by atoms with van der Waals surface area (Å²) in [6, 6.07) is 14.7. The van der Waals surface area contributed by atoms with Gasteiger partial charge >= 0.3 is 0 Å². The fourth-order valence-corrected chi connectivity index (χ4v) is 4.35. The van der Waals surface area contributed by atoms with Crippen LogP contribution in [0.1, 0.15) is 12.0 Å². The van der Waals surface area contributed by atoms with E-state index in [-0.39, 0.29) is 6.10 Å². The summed E-state index contributed by atoms with van der Waals surface area (Å²) in [5.41, 5.74) is 1.02. The Balaban J connectivity index is 1.39. The highest BCUT2D eigenvalue weighted by Crippen LogP contribution is 2.28. The summed E-state index contributed by atoms with van der Waals surface area (Å²) in [5, 5.41) is 12.6.